The van der Waals surface area contributed by atoms with Crippen molar-refractivity contribution in [3.63, 3.8) is 0 Å². The molecule has 10 heteroatoms. The summed E-state index contributed by atoms with van der Waals surface area (Å²) in [7, 11) is 1.31. The van der Waals surface area contributed by atoms with Gasteiger partial charge in [-0.25, -0.2) is 9.79 Å². The highest BCUT2D eigenvalue weighted by Crippen LogP contribution is 2.31. The minimum absolute atomic E-state index is 0.214. The molecular weight excluding hydrogens is 678 g/mol. The molecule has 0 spiro atoms. The van der Waals surface area contributed by atoms with Gasteiger partial charge < -0.3 is 9.84 Å². The Morgan fingerprint density at radius 2 is 1.88 bits per heavy atom. The number of thiazole rings is 1. The molecule has 0 aliphatic carbocycles. The average Bonchev–Trinajstić information content (AvgIpc) is 3.05. The molecule has 6 nitrogen and oxygen atoms in total. The highest BCUT2D eigenvalue weighted by Gasteiger charge is 2.33. The highest BCUT2D eigenvalue weighted by molar-refractivity contribution is 14.1. The number of phenolic OH excluding ortho intramolecular Hbond substituents is 1. The molecule has 0 radical (unpaired) electrons. The maximum Gasteiger partial charge on any atom is 0.338 e. The van der Waals surface area contributed by atoms with E-state index in [2.05, 4.69) is 50.2 Å². The summed E-state index contributed by atoms with van der Waals surface area (Å²) < 4.78 is 8.38. The van der Waals surface area contributed by atoms with Crippen molar-refractivity contribution >= 4 is 80.2 Å². The minimum Gasteiger partial charge on any atom is -0.506 e. The van der Waals surface area contributed by atoms with Crippen LogP contribution in [0.5, 0.6) is 5.75 Å². The van der Waals surface area contributed by atoms with Gasteiger partial charge in [-0.15, -0.1) is 0 Å². The summed E-state index contributed by atoms with van der Waals surface area (Å²) in [6.45, 7) is 1.73. The molecule has 1 N–H and O–H groups in total. The van der Waals surface area contributed by atoms with E-state index in [0.717, 1.165) is 11.1 Å². The van der Waals surface area contributed by atoms with Gasteiger partial charge in [-0.05, 0) is 93.6 Å². The topological polar surface area (TPSA) is 80.9 Å². The first kappa shape index (κ1) is 23.5. The van der Waals surface area contributed by atoms with E-state index in [1.54, 1.807) is 49.4 Å². The number of rotatable bonds is 3. The number of methoxy groups -OCH3 is 1. The number of allylic oxidation sites excluding steroid dienone is 1. The van der Waals surface area contributed by atoms with E-state index in [-0.39, 0.29) is 11.3 Å². The molecule has 2 aromatic carbocycles. The van der Waals surface area contributed by atoms with Gasteiger partial charge in [0.05, 0.1) is 36.1 Å². The lowest BCUT2D eigenvalue weighted by atomic mass is 9.96. The first-order chi connectivity index (χ1) is 15.2. The fourth-order valence-electron chi connectivity index (χ4n) is 3.47. The minimum atomic E-state index is -0.682. The van der Waals surface area contributed by atoms with E-state index in [4.69, 9.17) is 16.3 Å². The van der Waals surface area contributed by atoms with Crippen LogP contribution < -0.4 is 14.9 Å². The number of nitrogens with zero attached hydrogens (tertiary/aromatic N) is 2. The van der Waals surface area contributed by atoms with Crippen LogP contribution in [0.15, 0.2) is 57.5 Å². The van der Waals surface area contributed by atoms with Gasteiger partial charge in [0, 0.05) is 5.02 Å². The van der Waals surface area contributed by atoms with Crippen molar-refractivity contribution in [1.29, 1.82) is 0 Å². The van der Waals surface area contributed by atoms with E-state index in [0.29, 0.717) is 32.8 Å². The van der Waals surface area contributed by atoms with E-state index in [1.807, 2.05) is 0 Å². The zero-order valence-electron chi connectivity index (χ0n) is 16.7. The molecular formula is C22H15ClI2N2O4S. The van der Waals surface area contributed by atoms with Gasteiger partial charge in [-0.2, -0.15) is 0 Å². The maximum absolute atomic E-state index is 13.5. The zero-order valence-corrected chi connectivity index (χ0v) is 22.6. The number of aromatic nitrogens is 1. The van der Waals surface area contributed by atoms with Crippen molar-refractivity contribution in [2.24, 2.45) is 4.99 Å². The molecule has 0 saturated heterocycles. The molecule has 1 aromatic heterocycles. The number of phenols is 1. The van der Waals surface area contributed by atoms with Crippen LogP contribution in [-0.2, 0) is 9.53 Å². The lowest BCUT2D eigenvalue weighted by molar-refractivity contribution is -0.136. The number of esters is 1. The molecule has 0 bridgehead atoms. The summed E-state index contributed by atoms with van der Waals surface area (Å²) in [4.78, 5) is 31.2. The zero-order chi connectivity index (χ0) is 23.2. The third kappa shape index (κ3) is 4.27. The summed E-state index contributed by atoms with van der Waals surface area (Å²) in [5.41, 5.74) is 2.06. The molecule has 0 amide bonds. The summed E-state index contributed by atoms with van der Waals surface area (Å²) in [6.07, 6.45) is 1.77. The Morgan fingerprint density at radius 1 is 1.25 bits per heavy atom. The molecule has 0 unspecified atom stereocenters. The summed E-state index contributed by atoms with van der Waals surface area (Å²) in [5.74, 6) is -0.325. The van der Waals surface area contributed by atoms with Crippen molar-refractivity contribution in [3.8, 4) is 5.75 Å². The molecule has 1 atom stereocenters. The number of carbonyl (C=O) groups excluding carboxylic acids is 1. The fourth-order valence-corrected chi connectivity index (χ4v) is 6.46. The summed E-state index contributed by atoms with van der Waals surface area (Å²) >= 11 is 11.4. The van der Waals surface area contributed by atoms with E-state index < -0.39 is 12.0 Å². The Hall–Kier alpha value is -1.70. The maximum atomic E-state index is 13.5. The SMILES string of the molecule is COC(=O)C1=C(C)N=c2s/c(=C\c3cc(I)c(O)c(I)c3)c(=O)n2[C@H]1c1ccc(Cl)cc1. The number of hydrogen-bond acceptors (Lipinski definition) is 6. The second kappa shape index (κ2) is 9.27. The lowest BCUT2D eigenvalue weighted by Crippen LogP contribution is -2.39. The number of aromatic hydroxyl groups is 1. The van der Waals surface area contributed by atoms with Crippen molar-refractivity contribution in [1.82, 2.24) is 4.57 Å². The molecule has 0 fully saturated rings. The number of carbonyl (C=O) groups is 1. The summed E-state index contributed by atoms with van der Waals surface area (Å²) in [5, 5.41) is 10.6. The van der Waals surface area contributed by atoms with Crippen LogP contribution in [-0.4, -0.2) is 22.8 Å². The summed E-state index contributed by atoms with van der Waals surface area (Å²) in [6, 6.07) is 9.94. The Kier molecular flexibility index (Phi) is 6.80. The van der Waals surface area contributed by atoms with Crippen molar-refractivity contribution in [3.05, 3.63) is 90.6 Å². The Balaban J connectivity index is 1.97. The van der Waals surface area contributed by atoms with Gasteiger partial charge in [-0.3, -0.25) is 9.36 Å². The van der Waals surface area contributed by atoms with Gasteiger partial charge in [0.15, 0.2) is 4.80 Å². The number of ether oxygens (including phenoxy) is 1. The molecule has 1 aliphatic heterocycles. The van der Waals surface area contributed by atoms with Gasteiger partial charge in [-0.1, -0.05) is 35.1 Å². The highest BCUT2D eigenvalue weighted by atomic mass is 127. The van der Waals surface area contributed by atoms with Crippen molar-refractivity contribution < 1.29 is 14.6 Å². The number of fused-ring (bicyclic) bond motifs is 1. The van der Waals surface area contributed by atoms with Crippen molar-refractivity contribution in [2.75, 3.05) is 7.11 Å². The number of benzene rings is 2. The number of hydrogen-bond donors (Lipinski definition) is 1. The quantitative estimate of drug-likeness (QED) is 0.333. The third-order valence-corrected chi connectivity index (χ3v) is 7.83. The van der Waals surface area contributed by atoms with Crippen LogP contribution in [0.2, 0.25) is 5.02 Å². The second-order valence-corrected chi connectivity index (χ2v) is 10.7. The van der Waals surface area contributed by atoms with E-state index in [9.17, 15) is 14.7 Å². The van der Waals surface area contributed by atoms with Gasteiger partial charge >= 0.3 is 5.97 Å². The largest absolute Gasteiger partial charge is 0.506 e. The lowest BCUT2D eigenvalue weighted by Gasteiger charge is -2.24. The molecule has 0 saturated carbocycles. The molecule has 32 heavy (non-hydrogen) atoms. The molecule has 1 aliphatic rings. The molecule has 3 aromatic rings. The van der Waals surface area contributed by atoms with Gasteiger partial charge in [0.1, 0.15) is 5.75 Å². The predicted molar refractivity (Wildman–Crippen MR) is 141 cm³/mol. The van der Waals surface area contributed by atoms with Crippen molar-refractivity contribution in [2.45, 2.75) is 13.0 Å². The Bertz CT molecular complexity index is 1440. The monoisotopic (exact) mass is 692 g/mol. The van der Waals surface area contributed by atoms with E-state index in [1.165, 1.54) is 23.0 Å². The standard InChI is InChI=1S/C22H15ClI2N2O4S/c1-10-17(21(30)31-2)18(12-3-5-13(23)6-4-12)27-20(29)16(32-22(27)26-10)9-11-7-14(24)19(28)15(25)8-11/h3-9,18,28H,1-2H3/b16-9-/t18-/m0/s1. The van der Waals surface area contributed by atoms with Crippen LogP contribution in [0.25, 0.3) is 6.08 Å². The molecule has 2 heterocycles. The van der Waals surface area contributed by atoms with Crippen LogP contribution in [0.3, 0.4) is 0 Å². The smallest absolute Gasteiger partial charge is 0.338 e. The first-order valence-corrected chi connectivity index (χ1v) is 12.6. The Labute approximate surface area is 219 Å². The van der Waals surface area contributed by atoms with Gasteiger partial charge in [0.2, 0.25) is 0 Å². The molecule has 4 rings (SSSR count). The van der Waals surface area contributed by atoms with Gasteiger partial charge in [0.25, 0.3) is 5.56 Å². The molecule has 164 valence electrons. The number of halogens is 3. The van der Waals surface area contributed by atoms with Crippen LogP contribution in [0, 0.1) is 7.14 Å². The van der Waals surface area contributed by atoms with Crippen LogP contribution in [0.1, 0.15) is 24.1 Å². The predicted octanol–water partition coefficient (Wildman–Crippen LogP) is 3.98. The fraction of sp³-hybridized carbons (Fsp3) is 0.136. The Morgan fingerprint density at radius 3 is 2.47 bits per heavy atom. The third-order valence-electron chi connectivity index (χ3n) is 4.95. The average molecular weight is 693 g/mol. The van der Waals surface area contributed by atoms with Crippen LogP contribution >= 0.6 is 68.1 Å². The normalized spacial score (nSPS) is 16.0. The second-order valence-electron chi connectivity index (χ2n) is 6.96. The first-order valence-electron chi connectivity index (χ1n) is 9.25. The van der Waals surface area contributed by atoms with E-state index >= 15 is 0 Å². The van der Waals surface area contributed by atoms with Crippen LogP contribution in [0.4, 0.5) is 0 Å².